The van der Waals surface area contributed by atoms with Crippen molar-refractivity contribution in [2.75, 3.05) is 17.3 Å². The zero-order chi connectivity index (χ0) is 22.1. The number of imidazole rings is 1. The van der Waals surface area contributed by atoms with E-state index in [9.17, 15) is 9.59 Å². The van der Waals surface area contributed by atoms with Crippen LogP contribution < -0.4 is 15.0 Å². The Morgan fingerprint density at radius 1 is 1.09 bits per heavy atom. The van der Waals surface area contributed by atoms with Gasteiger partial charge in [-0.2, -0.15) is 0 Å². The maximum Gasteiger partial charge on any atom is 0.253 e. The number of methoxy groups -OCH3 is 1. The molecule has 0 radical (unpaired) electrons. The highest BCUT2D eigenvalue weighted by molar-refractivity contribution is 6.05. The lowest BCUT2D eigenvalue weighted by molar-refractivity contribution is -0.124. The molecule has 0 fully saturated rings. The molecule has 1 atom stereocenters. The van der Waals surface area contributed by atoms with Crippen LogP contribution in [0.3, 0.4) is 0 Å². The standard InChI is InChI=1S/C24H21N5O3/c1-32-21-11-5-3-9-18(21)26-22(30)13-20-23(31)28(15-16-7-6-12-25-14-16)24-27-17-8-2-4-10-19(17)29(20)24/h2-12,14,20H,13,15H2,1H3,(H,26,30)/t20-/m0/s1. The van der Waals surface area contributed by atoms with Gasteiger partial charge in [-0.05, 0) is 35.9 Å². The van der Waals surface area contributed by atoms with Crippen molar-refractivity contribution in [3.05, 3.63) is 78.6 Å². The summed E-state index contributed by atoms with van der Waals surface area (Å²) in [5, 5.41) is 2.87. The summed E-state index contributed by atoms with van der Waals surface area (Å²) in [6.07, 6.45) is 3.39. The van der Waals surface area contributed by atoms with Crippen LogP contribution in [0.5, 0.6) is 5.75 Å². The normalized spacial score (nSPS) is 15.1. The molecule has 2 amide bonds. The Hall–Kier alpha value is -4.20. The molecule has 160 valence electrons. The van der Waals surface area contributed by atoms with Crippen LogP contribution in [0.4, 0.5) is 11.6 Å². The van der Waals surface area contributed by atoms with Gasteiger partial charge in [-0.25, -0.2) is 4.98 Å². The van der Waals surface area contributed by atoms with Gasteiger partial charge in [0.25, 0.3) is 5.91 Å². The number of amides is 2. The Labute approximate surface area is 184 Å². The fraction of sp³-hybridized carbons (Fsp3) is 0.167. The van der Waals surface area contributed by atoms with Gasteiger partial charge in [0.05, 0.1) is 36.8 Å². The highest BCUT2D eigenvalue weighted by Crippen LogP contribution is 2.37. The minimum atomic E-state index is -0.691. The number of para-hydroxylation sites is 4. The molecule has 2 aromatic heterocycles. The van der Waals surface area contributed by atoms with E-state index in [2.05, 4.69) is 15.3 Å². The van der Waals surface area contributed by atoms with E-state index in [4.69, 9.17) is 4.74 Å². The monoisotopic (exact) mass is 427 g/mol. The van der Waals surface area contributed by atoms with E-state index in [1.165, 1.54) is 0 Å². The van der Waals surface area contributed by atoms with Crippen molar-refractivity contribution < 1.29 is 14.3 Å². The number of pyridine rings is 1. The van der Waals surface area contributed by atoms with Crippen molar-refractivity contribution in [3.8, 4) is 5.75 Å². The molecule has 8 nitrogen and oxygen atoms in total. The van der Waals surface area contributed by atoms with E-state index in [0.29, 0.717) is 23.9 Å². The molecule has 1 aliphatic heterocycles. The molecule has 3 heterocycles. The molecule has 0 saturated heterocycles. The molecule has 0 bridgehead atoms. The molecule has 4 aromatic rings. The van der Waals surface area contributed by atoms with Crippen molar-refractivity contribution in [3.63, 3.8) is 0 Å². The predicted molar refractivity (Wildman–Crippen MR) is 120 cm³/mol. The minimum Gasteiger partial charge on any atom is -0.495 e. The first kappa shape index (κ1) is 19.7. The maximum atomic E-state index is 13.4. The smallest absolute Gasteiger partial charge is 0.253 e. The quantitative estimate of drug-likeness (QED) is 0.508. The van der Waals surface area contributed by atoms with Crippen LogP contribution in [0.25, 0.3) is 11.0 Å². The molecule has 8 heteroatoms. The van der Waals surface area contributed by atoms with Crippen molar-refractivity contribution >= 4 is 34.5 Å². The van der Waals surface area contributed by atoms with Gasteiger partial charge >= 0.3 is 0 Å². The van der Waals surface area contributed by atoms with Gasteiger partial charge < -0.3 is 10.1 Å². The van der Waals surface area contributed by atoms with Gasteiger partial charge in [0.2, 0.25) is 11.9 Å². The molecule has 0 unspecified atom stereocenters. The van der Waals surface area contributed by atoms with Crippen LogP contribution in [-0.4, -0.2) is 33.5 Å². The highest BCUT2D eigenvalue weighted by Gasteiger charge is 2.41. The van der Waals surface area contributed by atoms with Crippen molar-refractivity contribution in [1.29, 1.82) is 0 Å². The Morgan fingerprint density at radius 2 is 1.91 bits per heavy atom. The van der Waals surface area contributed by atoms with E-state index in [-0.39, 0.29) is 18.2 Å². The van der Waals surface area contributed by atoms with Crippen molar-refractivity contribution in [2.24, 2.45) is 0 Å². The van der Waals surface area contributed by atoms with Gasteiger partial charge in [-0.15, -0.1) is 0 Å². The number of fused-ring (bicyclic) bond motifs is 3. The maximum absolute atomic E-state index is 13.4. The van der Waals surface area contributed by atoms with Crippen LogP contribution >= 0.6 is 0 Å². The summed E-state index contributed by atoms with van der Waals surface area (Å²) in [6, 6.07) is 17.9. The lowest BCUT2D eigenvalue weighted by atomic mass is 10.1. The average Bonchev–Trinajstić information content (AvgIpc) is 3.31. The minimum absolute atomic E-state index is 0.0201. The molecule has 32 heavy (non-hydrogen) atoms. The van der Waals surface area contributed by atoms with E-state index >= 15 is 0 Å². The van der Waals surface area contributed by atoms with E-state index < -0.39 is 6.04 Å². The molecule has 1 N–H and O–H groups in total. The number of hydrogen-bond donors (Lipinski definition) is 1. The first-order valence-corrected chi connectivity index (χ1v) is 10.3. The Bertz CT molecular complexity index is 1300. The third-order valence-corrected chi connectivity index (χ3v) is 5.50. The highest BCUT2D eigenvalue weighted by atomic mass is 16.5. The number of aromatic nitrogens is 3. The fourth-order valence-corrected chi connectivity index (χ4v) is 4.04. The predicted octanol–water partition coefficient (Wildman–Crippen LogP) is 3.56. The first-order chi connectivity index (χ1) is 15.7. The summed E-state index contributed by atoms with van der Waals surface area (Å²) in [5.41, 5.74) is 3.05. The fourth-order valence-electron chi connectivity index (χ4n) is 4.04. The van der Waals surface area contributed by atoms with Gasteiger partial charge in [-0.1, -0.05) is 30.3 Å². The zero-order valence-electron chi connectivity index (χ0n) is 17.4. The van der Waals surface area contributed by atoms with Gasteiger partial charge in [0.1, 0.15) is 11.8 Å². The van der Waals surface area contributed by atoms with Crippen LogP contribution in [0.15, 0.2) is 73.1 Å². The second-order valence-electron chi connectivity index (χ2n) is 7.52. The molecular weight excluding hydrogens is 406 g/mol. The topological polar surface area (TPSA) is 89.3 Å². The molecule has 0 saturated carbocycles. The van der Waals surface area contributed by atoms with Crippen molar-refractivity contribution in [1.82, 2.24) is 14.5 Å². The lowest BCUT2D eigenvalue weighted by Crippen LogP contribution is -2.31. The number of nitrogens with one attached hydrogen (secondary N) is 1. The second kappa shape index (κ2) is 8.14. The molecule has 1 aliphatic rings. The second-order valence-corrected chi connectivity index (χ2v) is 7.52. The van der Waals surface area contributed by atoms with Crippen LogP contribution in [-0.2, 0) is 16.1 Å². The van der Waals surface area contributed by atoms with Crippen molar-refractivity contribution in [2.45, 2.75) is 19.0 Å². The van der Waals surface area contributed by atoms with Crippen LogP contribution in [0, 0.1) is 0 Å². The lowest BCUT2D eigenvalue weighted by Gasteiger charge is -2.16. The third kappa shape index (κ3) is 3.45. The summed E-state index contributed by atoms with van der Waals surface area (Å²) in [7, 11) is 1.55. The molecular formula is C24H21N5O3. The number of anilines is 2. The summed E-state index contributed by atoms with van der Waals surface area (Å²) in [4.78, 5) is 36.8. The zero-order valence-corrected chi connectivity index (χ0v) is 17.4. The first-order valence-electron chi connectivity index (χ1n) is 10.3. The Kier molecular flexibility index (Phi) is 5.03. The van der Waals surface area contributed by atoms with Gasteiger partial charge in [0.15, 0.2) is 0 Å². The summed E-state index contributed by atoms with van der Waals surface area (Å²) in [5.74, 6) is 0.651. The molecule has 0 spiro atoms. The number of hydrogen-bond acceptors (Lipinski definition) is 5. The number of carbonyl (C=O) groups excluding carboxylic acids is 2. The molecule has 5 rings (SSSR count). The molecule has 2 aromatic carbocycles. The SMILES string of the molecule is COc1ccccc1NC(=O)C[C@H]1C(=O)N(Cc2cccnc2)c2nc3ccccc3n21. The average molecular weight is 427 g/mol. The third-order valence-electron chi connectivity index (χ3n) is 5.50. The Balaban J connectivity index is 1.47. The summed E-state index contributed by atoms with van der Waals surface area (Å²) >= 11 is 0. The van der Waals surface area contributed by atoms with Gasteiger partial charge in [0, 0.05) is 12.4 Å². The summed E-state index contributed by atoms with van der Waals surface area (Å²) in [6.45, 7) is 0.334. The van der Waals surface area contributed by atoms with Crippen LogP contribution in [0.2, 0.25) is 0 Å². The number of benzene rings is 2. The van der Waals surface area contributed by atoms with Crippen LogP contribution in [0.1, 0.15) is 18.0 Å². The number of ether oxygens (including phenoxy) is 1. The van der Waals surface area contributed by atoms with E-state index in [1.807, 2.05) is 53.1 Å². The largest absolute Gasteiger partial charge is 0.495 e. The molecule has 0 aliphatic carbocycles. The van der Waals surface area contributed by atoms with Gasteiger partial charge in [-0.3, -0.25) is 24.0 Å². The number of nitrogens with zero attached hydrogens (tertiary/aromatic N) is 4. The van der Waals surface area contributed by atoms with E-state index in [1.54, 1.807) is 36.5 Å². The Morgan fingerprint density at radius 3 is 2.72 bits per heavy atom. The summed E-state index contributed by atoms with van der Waals surface area (Å²) < 4.78 is 7.17. The number of carbonyl (C=O) groups is 2. The number of rotatable bonds is 6. The van der Waals surface area contributed by atoms with E-state index in [0.717, 1.165) is 16.6 Å².